The summed E-state index contributed by atoms with van der Waals surface area (Å²) >= 11 is 1.29. The molecule has 0 fully saturated rings. The molecule has 12 heavy (non-hydrogen) atoms. The topological polar surface area (TPSA) is 56.0 Å². The number of carbonyl (C=O) groups excluding carboxylic acids is 1. The molecule has 0 aliphatic heterocycles. The Labute approximate surface area is 75.6 Å². The van der Waals surface area contributed by atoms with Gasteiger partial charge in [0.15, 0.2) is 10.9 Å². The second-order valence-corrected chi connectivity index (χ2v) is 3.49. The molecule has 1 aromatic heterocycles. The second-order valence-electron chi connectivity index (χ2n) is 2.46. The lowest BCUT2D eigenvalue weighted by atomic mass is 10.2. The number of thiazole rings is 1. The Kier molecular flexibility index (Phi) is 2.81. The number of anilines is 1. The molecule has 1 rings (SSSR count). The van der Waals surface area contributed by atoms with E-state index in [1.165, 1.54) is 11.3 Å². The molecule has 2 N–H and O–H groups in total. The molecule has 0 bridgehead atoms. The van der Waals surface area contributed by atoms with E-state index in [1.54, 1.807) is 0 Å². The minimum atomic E-state index is 0.140. The number of hydrogen-bond donors (Lipinski definition) is 1. The number of ketones is 1. The zero-order valence-electron chi connectivity index (χ0n) is 7.26. The summed E-state index contributed by atoms with van der Waals surface area (Å²) in [6.45, 7) is 3.82. The summed E-state index contributed by atoms with van der Waals surface area (Å²) in [6.07, 6.45) is 1.30. The molecule has 0 amide bonds. The zero-order valence-corrected chi connectivity index (χ0v) is 8.07. The third kappa shape index (κ3) is 1.64. The van der Waals surface area contributed by atoms with E-state index in [4.69, 9.17) is 5.73 Å². The summed E-state index contributed by atoms with van der Waals surface area (Å²) in [4.78, 5) is 16.1. The minimum Gasteiger partial charge on any atom is -0.375 e. The lowest BCUT2D eigenvalue weighted by Gasteiger charge is -1.93. The Balaban J connectivity index is 3.04. The van der Waals surface area contributed by atoms with Crippen LogP contribution in [0.4, 0.5) is 5.13 Å². The Morgan fingerprint density at radius 3 is 2.75 bits per heavy atom. The molecule has 0 saturated heterocycles. The van der Waals surface area contributed by atoms with Crippen LogP contribution in [0.2, 0.25) is 0 Å². The van der Waals surface area contributed by atoms with Crippen LogP contribution in [0.3, 0.4) is 0 Å². The fourth-order valence-electron chi connectivity index (χ4n) is 0.988. The van der Waals surface area contributed by atoms with Gasteiger partial charge in [0.05, 0.1) is 10.6 Å². The summed E-state index contributed by atoms with van der Waals surface area (Å²) in [5.41, 5.74) is 6.34. The highest BCUT2D eigenvalue weighted by molar-refractivity contribution is 7.17. The first-order valence-corrected chi connectivity index (χ1v) is 4.79. The van der Waals surface area contributed by atoms with E-state index < -0.39 is 0 Å². The largest absolute Gasteiger partial charge is 0.375 e. The standard InChI is InChI=1S/C8H12N2OS/c1-3-5-7(6(11)4-2)12-8(9)10-5/h3-4H2,1-2H3,(H2,9,10). The maximum absolute atomic E-state index is 11.3. The van der Waals surface area contributed by atoms with Crippen molar-refractivity contribution in [3.63, 3.8) is 0 Å². The fraction of sp³-hybridized carbons (Fsp3) is 0.500. The first-order chi connectivity index (χ1) is 5.69. The molecule has 0 spiro atoms. The van der Waals surface area contributed by atoms with Crippen LogP contribution in [0.1, 0.15) is 35.6 Å². The van der Waals surface area contributed by atoms with E-state index >= 15 is 0 Å². The number of nitrogen functional groups attached to an aromatic ring is 1. The fourth-order valence-corrected chi connectivity index (χ4v) is 1.92. The summed E-state index contributed by atoms with van der Waals surface area (Å²) in [5.74, 6) is 0.140. The van der Waals surface area contributed by atoms with Crippen LogP contribution >= 0.6 is 11.3 Å². The summed E-state index contributed by atoms with van der Waals surface area (Å²) in [5, 5.41) is 0.489. The number of aromatic nitrogens is 1. The predicted octanol–water partition coefficient (Wildman–Crippen LogP) is 1.88. The number of aryl methyl sites for hydroxylation is 1. The van der Waals surface area contributed by atoms with E-state index in [9.17, 15) is 4.79 Å². The molecule has 0 aromatic carbocycles. The summed E-state index contributed by atoms with van der Waals surface area (Å²) in [7, 11) is 0. The van der Waals surface area contributed by atoms with Crippen molar-refractivity contribution in [2.24, 2.45) is 0 Å². The van der Waals surface area contributed by atoms with Crippen molar-refractivity contribution in [2.75, 3.05) is 5.73 Å². The van der Waals surface area contributed by atoms with Crippen molar-refractivity contribution in [1.29, 1.82) is 0 Å². The Morgan fingerprint density at radius 1 is 1.58 bits per heavy atom. The van der Waals surface area contributed by atoms with Crippen molar-refractivity contribution in [3.8, 4) is 0 Å². The highest BCUT2D eigenvalue weighted by Gasteiger charge is 2.13. The van der Waals surface area contributed by atoms with Crippen molar-refractivity contribution >= 4 is 22.3 Å². The number of nitrogens with two attached hydrogens (primary N) is 1. The highest BCUT2D eigenvalue weighted by Crippen LogP contribution is 2.22. The van der Waals surface area contributed by atoms with Gasteiger partial charge in [-0.25, -0.2) is 4.98 Å². The number of carbonyl (C=O) groups is 1. The molecular formula is C8H12N2OS. The minimum absolute atomic E-state index is 0.140. The number of rotatable bonds is 3. The monoisotopic (exact) mass is 184 g/mol. The Morgan fingerprint density at radius 2 is 2.25 bits per heavy atom. The van der Waals surface area contributed by atoms with Gasteiger partial charge in [0.25, 0.3) is 0 Å². The van der Waals surface area contributed by atoms with Crippen LogP contribution in [-0.2, 0) is 6.42 Å². The molecule has 1 aromatic rings. The quantitative estimate of drug-likeness (QED) is 0.730. The average molecular weight is 184 g/mol. The van der Waals surface area contributed by atoms with Crippen LogP contribution in [0.15, 0.2) is 0 Å². The van der Waals surface area contributed by atoms with Gasteiger partial charge in [-0.1, -0.05) is 25.2 Å². The summed E-state index contributed by atoms with van der Waals surface area (Å²) < 4.78 is 0. The number of Topliss-reactive ketones (excluding diaryl/α,β-unsaturated/α-hetero) is 1. The van der Waals surface area contributed by atoms with E-state index in [0.717, 1.165) is 17.0 Å². The first-order valence-electron chi connectivity index (χ1n) is 3.97. The molecule has 0 unspecified atom stereocenters. The average Bonchev–Trinajstić information content (AvgIpc) is 2.45. The zero-order chi connectivity index (χ0) is 9.14. The lowest BCUT2D eigenvalue weighted by molar-refractivity contribution is 0.0991. The highest BCUT2D eigenvalue weighted by atomic mass is 32.1. The van der Waals surface area contributed by atoms with Gasteiger partial charge in [-0.2, -0.15) is 0 Å². The van der Waals surface area contributed by atoms with Crippen LogP contribution < -0.4 is 5.73 Å². The molecule has 4 heteroatoms. The summed E-state index contributed by atoms with van der Waals surface area (Å²) in [6, 6.07) is 0. The molecule has 0 atom stereocenters. The van der Waals surface area contributed by atoms with E-state index in [1.807, 2.05) is 13.8 Å². The van der Waals surface area contributed by atoms with Gasteiger partial charge in [-0.3, -0.25) is 4.79 Å². The molecule has 66 valence electrons. The molecule has 0 saturated carbocycles. The number of nitrogens with zero attached hydrogens (tertiary/aromatic N) is 1. The first kappa shape index (κ1) is 9.19. The SMILES string of the molecule is CCC(=O)c1sc(N)nc1CC. The van der Waals surface area contributed by atoms with Crippen LogP contribution in [0.5, 0.6) is 0 Å². The maximum Gasteiger partial charge on any atom is 0.180 e. The van der Waals surface area contributed by atoms with E-state index in [0.29, 0.717) is 11.6 Å². The van der Waals surface area contributed by atoms with Gasteiger partial charge in [0.2, 0.25) is 0 Å². The van der Waals surface area contributed by atoms with Crippen molar-refractivity contribution in [2.45, 2.75) is 26.7 Å². The van der Waals surface area contributed by atoms with Gasteiger partial charge in [0.1, 0.15) is 0 Å². The van der Waals surface area contributed by atoms with Crippen molar-refractivity contribution in [3.05, 3.63) is 10.6 Å². The van der Waals surface area contributed by atoms with Gasteiger partial charge in [-0.05, 0) is 6.42 Å². The molecular weight excluding hydrogens is 172 g/mol. The van der Waals surface area contributed by atoms with Crippen molar-refractivity contribution < 1.29 is 4.79 Å². The molecule has 0 aliphatic rings. The third-order valence-electron chi connectivity index (χ3n) is 1.62. The van der Waals surface area contributed by atoms with Gasteiger partial charge in [-0.15, -0.1) is 0 Å². The third-order valence-corrected chi connectivity index (χ3v) is 2.59. The molecule has 0 radical (unpaired) electrons. The van der Waals surface area contributed by atoms with Crippen LogP contribution in [-0.4, -0.2) is 10.8 Å². The van der Waals surface area contributed by atoms with E-state index in [-0.39, 0.29) is 5.78 Å². The normalized spacial score (nSPS) is 10.2. The lowest BCUT2D eigenvalue weighted by Crippen LogP contribution is -1.97. The molecule has 1 heterocycles. The van der Waals surface area contributed by atoms with Gasteiger partial charge >= 0.3 is 0 Å². The second kappa shape index (κ2) is 3.67. The Bertz CT molecular complexity index is 293. The van der Waals surface area contributed by atoms with Crippen LogP contribution in [0, 0.1) is 0 Å². The number of hydrogen-bond acceptors (Lipinski definition) is 4. The predicted molar refractivity (Wildman–Crippen MR) is 50.5 cm³/mol. The van der Waals surface area contributed by atoms with Crippen molar-refractivity contribution in [1.82, 2.24) is 4.98 Å². The maximum atomic E-state index is 11.3. The Hall–Kier alpha value is -0.900. The van der Waals surface area contributed by atoms with Gasteiger partial charge < -0.3 is 5.73 Å². The van der Waals surface area contributed by atoms with E-state index in [2.05, 4.69) is 4.98 Å². The van der Waals surface area contributed by atoms with Crippen LogP contribution in [0.25, 0.3) is 0 Å². The molecule has 3 nitrogen and oxygen atoms in total. The smallest absolute Gasteiger partial charge is 0.180 e. The molecule has 0 aliphatic carbocycles. The van der Waals surface area contributed by atoms with Gasteiger partial charge in [0, 0.05) is 6.42 Å².